The molecule has 1 amide bonds. The minimum Gasteiger partial charge on any atom is -0.343 e. The quantitative estimate of drug-likeness (QED) is 0.915. The molecular weight excluding hydrogens is 296 g/mol. The average molecular weight is 322 g/mol. The number of aryl methyl sites for hydroxylation is 1. The van der Waals surface area contributed by atoms with E-state index in [1.165, 1.54) is 11.1 Å². The van der Waals surface area contributed by atoms with E-state index >= 15 is 0 Å². The lowest BCUT2D eigenvalue weighted by Crippen LogP contribution is -2.51. The lowest BCUT2D eigenvalue weighted by Gasteiger charge is -2.42. The third-order valence-electron chi connectivity index (χ3n) is 5.24. The Labute approximate surface area is 144 Å². The normalized spacial score (nSPS) is 16.8. The van der Waals surface area contributed by atoms with E-state index in [4.69, 9.17) is 0 Å². The van der Waals surface area contributed by atoms with Crippen molar-refractivity contribution in [3.63, 3.8) is 0 Å². The van der Waals surface area contributed by atoms with Gasteiger partial charge in [-0.2, -0.15) is 0 Å². The predicted molar refractivity (Wildman–Crippen MR) is 97.8 cm³/mol. The van der Waals surface area contributed by atoms with Gasteiger partial charge in [-0.15, -0.1) is 0 Å². The van der Waals surface area contributed by atoms with Crippen molar-refractivity contribution in [2.24, 2.45) is 0 Å². The fourth-order valence-electron chi connectivity index (χ4n) is 3.63. The summed E-state index contributed by atoms with van der Waals surface area (Å²) in [7, 11) is 2.03. The molecule has 0 aromatic heterocycles. The molecule has 0 radical (unpaired) electrons. The summed E-state index contributed by atoms with van der Waals surface area (Å²) in [6.45, 7) is 1.65. The van der Waals surface area contributed by atoms with Crippen molar-refractivity contribution in [2.75, 3.05) is 20.1 Å². The first-order valence-electron chi connectivity index (χ1n) is 8.80. The first kappa shape index (κ1) is 16.7. The summed E-state index contributed by atoms with van der Waals surface area (Å²) in [5.74, 6) is 0.275. The molecule has 1 N–H and O–H groups in total. The maximum absolute atomic E-state index is 12.5. The second kappa shape index (κ2) is 7.63. The van der Waals surface area contributed by atoms with Crippen LogP contribution in [0.15, 0.2) is 60.7 Å². The molecule has 0 aliphatic carbocycles. The number of nitrogens with zero attached hydrogens (tertiary/aromatic N) is 1. The predicted octanol–water partition coefficient (Wildman–Crippen LogP) is 3.36. The summed E-state index contributed by atoms with van der Waals surface area (Å²) in [6.07, 6.45) is 3.35. The number of hydrogen-bond acceptors (Lipinski definition) is 2. The Bertz CT molecular complexity index is 646. The van der Waals surface area contributed by atoms with Crippen molar-refractivity contribution in [3.05, 3.63) is 71.8 Å². The molecule has 2 aromatic rings. The van der Waals surface area contributed by atoms with E-state index in [1.54, 1.807) is 0 Å². The molecule has 0 atom stereocenters. The van der Waals surface area contributed by atoms with Gasteiger partial charge in [-0.25, -0.2) is 0 Å². The van der Waals surface area contributed by atoms with Gasteiger partial charge >= 0.3 is 0 Å². The number of amides is 1. The lowest BCUT2D eigenvalue weighted by molar-refractivity contribution is -0.133. The number of piperidine rings is 1. The van der Waals surface area contributed by atoms with Crippen LogP contribution in [-0.2, 0) is 16.8 Å². The standard InChI is InChI=1S/C21H26N2O/c1-22-21(19-10-6-3-7-11-19)14-16-23(17-15-21)20(24)13-12-18-8-4-2-5-9-18/h2-11,22H,12-17H2,1H3. The molecule has 3 rings (SSSR count). The highest BCUT2D eigenvalue weighted by Gasteiger charge is 2.35. The monoisotopic (exact) mass is 322 g/mol. The molecule has 1 fully saturated rings. The molecule has 0 spiro atoms. The first-order valence-corrected chi connectivity index (χ1v) is 8.80. The molecule has 3 heteroatoms. The molecule has 2 aromatic carbocycles. The second-order valence-corrected chi connectivity index (χ2v) is 6.56. The summed E-state index contributed by atoms with van der Waals surface area (Å²) in [5, 5.41) is 3.51. The Kier molecular flexibility index (Phi) is 5.31. The van der Waals surface area contributed by atoms with E-state index in [2.05, 4.69) is 47.8 Å². The van der Waals surface area contributed by atoms with Gasteiger partial charge in [0.1, 0.15) is 0 Å². The van der Waals surface area contributed by atoms with E-state index in [1.807, 2.05) is 30.1 Å². The molecule has 1 aliphatic rings. The minimum atomic E-state index is -0.00251. The third kappa shape index (κ3) is 3.68. The van der Waals surface area contributed by atoms with Gasteiger partial charge in [0.05, 0.1) is 0 Å². The van der Waals surface area contributed by atoms with Gasteiger partial charge in [0.2, 0.25) is 5.91 Å². The zero-order chi connectivity index (χ0) is 16.8. The van der Waals surface area contributed by atoms with Crippen LogP contribution < -0.4 is 5.32 Å². The zero-order valence-electron chi connectivity index (χ0n) is 14.4. The number of carbonyl (C=O) groups excluding carboxylic acids is 1. The summed E-state index contributed by atoms with van der Waals surface area (Å²) in [6, 6.07) is 20.8. The van der Waals surface area contributed by atoms with Crippen LogP contribution in [0.5, 0.6) is 0 Å². The van der Waals surface area contributed by atoms with Crippen LogP contribution in [0.4, 0.5) is 0 Å². The Morgan fingerprint density at radius 2 is 1.58 bits per heavy atom. The smallest absolute Gasteiger partial charge is 0.222 e. The Morgan fingerprint density at radius 3 is 2.17 bits per heavy atom. The van der Waals surface area contributed by atoms with Gasteiger partial charge in [0, 0.05) is 25.0 Å². The van der Waals surface area contributed by atoms with Gasteiger partial charge in [-0.05, 0) is 37.4 Å². The van der Waals surface area contributed by atoms with Crippen molar-refractivity contribution in [1.29, 1.82) is 0 Å². The van der Waals surface area contributed by atoms with Crippen LogP contribution in [0.1, 0.15) is 30.4 Å². The van der Waals surface area contributed by atoms with E-state index in [-0.39, 0.29) is 11.4 Å². The van der Waals surface area contributed by atoms with Gasteiger partial charge in [0.25, 0.3) is 0 Å². The van der Waals surface area contributed by atoms with E-state index < -0.39 is 0 Å². The fraction of sp³-hybridized carbons (Fsp3) is 0.381. The Balaban J connectivity index is 1.57. The van der Waals surface area contributed by atoms with Gasteiger partial charge in [0.15, 0.2) is 0 Å². The van der Waals surface area contributed by atoms with Crippen LogP contribution in [0, 0.1) is 0 Å². The number of rotatable bonds is 5. The summed E-state index contributed by atoms with van der Waals surface area (Å²) in [5.41, 5.74) is 2.55. The van der Waals surface area contributed by atoms with Crippen molar-refractivity contribution in [3.8, 4) is 0 Å². The average Bonchev–Trinajstić information content (AvgIpc) is 2.67. The van der Waals surface area contributed by atoms with E-state index in [9.17, 15) is 4.79 Å². The Hall–Kier alpha value is -2.13. The highest BCUT2D eigenvalue weighted by Crippen LogP contribution is 2.32. The number of benzene rings is 2. The van der Waals surface area contributed by atoms with Gasteiger partial charge in [-0.3, -0.25) is 4.79 Å². The molecule has 1 saturated heterocycles. The largest absolute Gasteiger partial charge is 0.343 e. The van der Waals surface area contributed by atoms with E-state index in [0.717, 1.165) is 32.4 Å². The molecule has 126 valence electrons. The van der Waals surface area contributed by atoms with Crippen LogP contribution in [0.2, 0.25) is 0 Å². The number of carbonyl (C=O) groups is 1. The van der Waals surface area contributed by atoms with E-state index in [0.29, 0.717) is 6.42 Å². The zero-order valence-corrected chi connectivity index (χ0v) is 14.4. The van der Waals surface area contributed by atoms with Crippen molar-refractivity contribution in [1.82, 2.24) is 10.2 Å². The molecular formula is C21H26N2O. The molecule has 24 heavy (non-hydrogen) atoms. The molecule has 0 bridgehead atoms. The van der Waals surface area contributed by atoms with Crippen molar-refractivity contribution >= 4 is 5.91 Å². The summed E-state index contributed by atoms with van der Waals surface area (Å²) < 4.78 is 0. The number of likely N-dealkylation sites (tertiary alicyclic amines) is 1. The van der Waals surface area contributed by atoms with Gasteiger partial charge in [-0.1, -0.05) is 60.7 Å². The topological polar surface area (TPSA) is 32.3 Å². The molecule has 0 saturated carbocycles. The summed E-state index contributed by atoms with van der Waals surface area (Å²) in [4.78, 5) is 14.5. The van der Waals surface area contributed by atoms with Crippen LogP contribution in [-0.4, -0.2) is 30.9 Å². The molecule has 3 nitrogen and oxygen atoms in total. The maximum atomic E-state index is 12.5. The molecule has 0 unspecified atom stereocenters. The van der Waals surface area contributed by atoms with Gasteiger partial charge < -0.3 is 10.2 Å². The van der Waals surface area contributed by atoms with Crippen molar-refractivity contribution < 1.29 is 4.79 Å². The summed E-state index contributed by atoms with van der Waals surface area (Å²) >= 11 is 0. The molecule has 1 aliphatic heterocycles. The highest BCUT2D eigenvalue weighted by molar-refractivity contribution is 5.76. The third-order valence-corrected chi connectivity index (χ3v) is 5.24. The second-order valence-electron chi connectivity index (χ2n) is 6.56. The van der Waals surface area contributed by atoms with Crippen molar-refractivity contribution in [2.45, 2.75) is 31.2 Å². The number of hydrogen-bond donors (Lipinski definition) is 1. The van der Waals surface area contributed by atoms with Crippen LogP contribution >= 0.6 is 0 Å². The number of nitrogens with one attached hydrogen (secondary N) is 1. The Morgan fingerprint density at radius 1 is 1.00 bits per heavy atom. The first-order chi connectivity index (χ1) is 11.7. The SMILES string of the molecule is CNC1(c2ccccc2)CCN(C(=O)CCc2ccccc2)CC1. The minimum absolute atomic E-state index is 0.00251. The molecule has 1 heterocycles. The van der Waals surface area contributed by atoms with Crippen LogP contribution in [0.25, 0.3) is 0 Å². The highest BCUT2D eigenvalue weighted by atomic mass is 16.2. The lowest BCUT2D eigenvalue weighted by atomic mass is 9.81. The van der Waals surface area contributed by atoms with Crippen LogP contribution in [0.3, 0.4) is 0 Å². The maximum Gasteiger partial charge on any atom is 0.222 e. The fourth-order valence-corrected chi connectivity index (χ4v) is 3.63.